The Labute approximate surface area is 239 Å². The van der Waals surface area contributed by atoms with Crippen LogP contribution in [0, 0.1) is 15.9 Å². The molecular formula is C30H18BrFN4O5. The molecule has 4 aromatic carbocycles. The molecule has 0 saturated heterocycles. The van der Waals surface area contributed by atoms with Gasteiger partial charge in [-0.25, -0.2) is 9.37 Å². The van der Waals surface area contributed by atoms with E-state index in [9.17, 15) is 19.3 Å². The zero-order valence-electron chi connectivity index (χ0n) is 21.0. The maximum absolute atomic E-state index is 14.0. The summed E-state index contributed by atoms with van der Waals surface area (Å²) < 4.78 is 27.0. The molecule has 0 N–H and O–H groups in total. The average Bonchev–Trinajstić information content (AvgIpc) is 3.41. The zero-order valence-corrected chi connectivity index (χ0v) is 22.6. The second kappa shape index (κ2) is 10.8. The van der Waals surface area contributed by atoms with Crippen LogP contribution in [0.2, 0.25) is 0 Å². The molecule has 0 amide bonds. The van der Waals surface area contributed by atoms with Crippen LogP contribution in [0.4, 0.5) is 10.1 Å². The van der Waals surface area contributed by atoms with Gasteiger partial charge in [0.1, 0.15) is 18.0 Å². The molecule has 0 aliphatic rings. The fourth-order valence-corrected chi connectivity index (χ4v) is 4.91. The minimum atomic E-state index is -0.609. The molecule has 0 unspecified atom stereocenters. The number of para-hydroxylation sites is 2. The molecule has 2 heterocycles. The molecule has 0 radical (unpaired) electrons. The highest BCUT2D eigenvalue weighted by molar-refractivity contribution is 9.10. The van der Waals surface area contributed by atoms with Crippen molar-refractivity contribution >= 4 is 49.7 Å². The molecule has 2 aromatic heterocycles. The summed E-state index contributed by atoms with van der Waals surface area (Å²) in [7, 11) is 0. The molecule has 6 rings (SSSR count). The Morgan fingerprint density at radius 3 is 2.61 bits per heavy atom. The van der Waals surface area contributed by atoms with Crippen molar-refractivity contribution in [3.63, 3.8) is 0 Å². The molecule has 0 saturated carbocycles. The van der Waals surface area contributed by atoms with Crippen molar-refractivity contribution in [1.82, 2.24) is 9.66 Å². The fourth-order valence-electron chi connectivity index (χ4n) is 4.32. The molecule has 9 nitrogen and oxygen atoms in total. The van der Waals surface area contributed by atoms with Crippen LogP contribution in [0.1, 0.15) is 11.1 Å². The van der Waals surface area contributed by atoms with Crippen molar-refractivity contribution in [2.24, 2.45) is 5.10 Å². The molecule has 11 heteroatoms. The molecule has 6 aromatic rings. The van der Waals surface area contributed by atoms with Crippen LogP contribution in [-0.4, -0.2) is 20.8 Å². The average molecular weight is 613 g/mol. The first-order valence-electron chi connectivity index (χ1n) is 12.3. The number of fused-ring (bicyclic) bond motifs is 2. The third-order valence-electron chi connectivity index (χ3n) is 6.29. The van der Waals surface area contributed by atoms with Gasteiger partial charge in [0, 0.05) is 22.6 Å². The summed E-state index contributed by atoms with van der Waals surface area (Å²) in [6.07, 6.45) is 1.31. The van der Waals surface area contributed by atoms with Crippen molar-refractivity contribution in [3.05, 3.63) is 133 Å². The van der Waals surface area contributed by atoms with Crippen LogP contribution >= 0.6 is 15.9 Å². The number of hydrogen-bond acceptors (Lipinski definition) is 7. The lowest BCUT2D eigenvalue weighted by molar-refractivity contribution is -0.386. The van der Waals surface area contributed by atoms with E-state index in [1.165, 1.54) is 24.4 Å². The number of rotatable bonds is 7. The highest BCUT2D eigenvalue weighted by Gasteiger charge is 2.21. The van der Waals surface area contributed by atoms with Gasteiger partial charge in [-0.3, -0.25) is 14.9 Å². The normalized spacial score (nSPS) is 11.5. The van der Waals surface area contributed by atoms with Crippen molar-refractivity contribution in [2.75, 3.05) is 0 Å². The molecule has 0 aliphatic heterocycles. The number of benzene rings is 4. The quantitative estimate of drug-likeness (QED) is 0.108. The van der Waals surface area contributed by atoms with Gasteiger partial charge < -0.3 is 9.15 Å². The Balaban J connectivity index is 1.42. The number of nitro groups is 1. The molecule has 0 atom stereocenters. The maximum atomic E-state index is 14.0. The SMILES string of the molecule is O=c1c2ccccc2nc(-c2cc3ccccc3o2)n1N=Cc1cc(Br)c(OCc2ccccc2F)c([N+](=O)[O-])c1. The van der Waals surface area contributed by atoms with Crippen molar-refractivity contribution in [3.8, 4) is 17.3 Å². The Kier molecular flexibility index (Phi) is 6.86. The predicted octanol–water partition coefficient (Wildman–Crippen LogP) is 7.08. The van der Waals surface area contributed by atoms with Crippen molar-refractivity contribution in [1.29, 1.82) is 0 Å². The van der Waals surface area contributed by atoms with Gasteiger partial charge in [0.05, 0.1) is 26.5 Å². The lowest BCUT2D eigenvalue weighted by Gasteiger charge is -2.10. The molecule has 0 aliphatic carbocycles. The lowest BCUT2D eigenvalue weighted by atomic mass is 10.2. The first kappa shape index (κ1) is 26.1. The maximum Gasteiger partial charge on any atom is 0.312 e. The fraction of sp³-hybridized carbons (Fsp3) is 0.0333. The van der Waals surface area contributed by atoms with E-state index in [1.54, 1.807) is 54.6 Å². The van der Waals surface area contributed by atoms with E-state index >= 15 is 0 Å². The third kappa shape index (κ3) is 5.10. The Hall–Kier alpha value is -5.16. The first-order chi connectivity index (χ1) is 19.9. The first-order valence-corrected chi connectivity index (χ1v) is 13.1. The highest BCUT2D eigenvalue weighted by atomic mass is 79.9. The topological polar surface area (TPSA) is 113 Å². The van der Waals surface area contributed by atoms with Gasteiger partial charge in [-0.15, -0.1) is 0 Å². The van der Waals surface area contributed by atoms with Crippen LogP contribution < -0.4 is 10.3 Å². The smallest absolute Gasteiger partial charge is 0.312 e. The van der Waals surface area contributed by atoms with Gasteiger partial charge in [-0.1, -0.05) is 48.5 Å². The summed E-state index contributed by atoms with van der Waals surface area (Å²) in [5.74, 6) is -0.0533. The summed E-state index contributed by atoms with van der Waals surface area (Å²) in [6.45, 7) is -0.210. The van der Waals surface area contributed by atoms with E-state index in [0.29, 0.717) is 27.8 Å². The number of hydrogen-bond donors (Lipinski definition) is 0. The molecular weight excluding hydrogens is 595 g/mol. The van der Waals surface area contributed by atoms with Gasteiger partial charge in [0.25, 0.3) is 5.56 Å². The standard InChI is InChI=1S/C30H18BrFN4O5/c31-22-13-18(14-25(36(38)39)28(22)40-17-20-8-1-4-10-23(20)32)16-33-35-29(27-15-19-7-2-6-12-26(19)41-27)34-24-11-5-3-9-21(24)30(35)37/h1-16H,17H2. The summed E-state index contributed by atoms with van der Waals surface area (Å²) in [4.78, 5) is 29.4. The van der Waals surface area contributed by atoms with Crippen LogP contribution in [-0.2, 0) is 6.61 Å². The second-order valence-electron chi connectivity index (χ2n) is 8.95. The number of halogens is 2. The van der Waals surface area contributed by atoms with Crippen LogP contribution in [0.5, 0.6) is 5.75 Å². The van der Waals surface area contributed by atoms with Gasteiger partial charge in [-0.05, 0) is 52.3 Å². The van der Waals surface area contributed by atoms with Gasteiger partial charge in [-0.2, -0.15) is 9.78 Å². The van der Waals surface area contributed by atoms with Crippen molar-refractivity contribution in [2.45, 2.75) is 6.61 Å². The summed E-state index contributed by atoms with van der Waals surface area (Å²) in [5, 5.41) is 17.5. The minimum absolute atomic E-state index is 0.0668. The summed E-state index contributed by atoms with van der Waals surface area (Å²) in [6, 6.07) is 24.8. The molecule has 0 fully saturated rings. The van der Waals surface area contributed by atoms with E-state index in [4.69, 9.17) is 9.15 Å². The molecule has 202 valence electrons. The largest absolute Gasteiger partial charge is 0.481 e. The molecule has 0 spiro atoms. The number of ether oxygens (including phenoxy) is 1. The Morgan fingerprint density at radius 1 is 1.05 bits per heavy atom. The highest BCUT2D eigenvalue weighted by Crippen LogP contribution is 2.37. The van der Waals surface area contributed by atoms with Crippen molar-refractivity contribution < 1.29 is 18.5 Å². The number of aromatic nitrogens is 2. The summed E-state index contributed by atoms with van der Waals surface area (Å²) >= 11 is 3.32. The number of nitrogens with zero attached hydrogens (tertiary/aromatic N) is 4. The summed E-state index contributed by atoms with van der Waals surface area (Å²) in [5.41, 5.74) is 0.831. The predicted molar refractivity (Wildman–Crippen MR) is 156 cm³/mol. The van der Waals surface area contributed by atoms with E-state index in [2.05, 4.69) is 26.0 Å². The molecule has 0 bridgehead atoms. The van der Waals surface area contributed by atoms with Crippen LogP contribution in [0.15, 0.2) is 110 Å². The van der Waals surface area contributed by atoms with Gasteiger partial charge in [0.15, 0.2) is 5.76 Å². The second-order valence-corrected chi connectivity index (χ2v) is 9.81. The Morgan fingerprint density at radius 2 is 1.80 bits per heavy atom. The van der Waals surface area contributed by atoms with E-state index < -0.39 is 16.3 Å². The number of furan rings is 1. The number of nitro benzene ring substituents is 1. The minimum Gasteiger partial charge on any atom is -0.481 e. The lowest BCUT2D eigenvalue weighted by Crippen LogP contribution is -2.20. The Bertz CT molecular complexity index is 2020. The van der Waals surface area contributed by atoms with E-state index in [-0.39, 0.29) is 33.9 Å². The molecule has 41 heavy (non-hydrogen) atoms. The van der Waals surface area contributed by atoms with Crippen LogP contribution in [0.25, 0.3) is 33.5 Å². The zero-order chi connectivity index (χ0) is 28.5. The van der Waals surface area contributed by atoms with Gasteiger partial charge in [0.2, 0.25) is 11.6 Å². The van der Waals surface area contributed by atoms with E-state index in [1.807, 2.05) is 18.2 Å². The van der Waals surface area contributed by atoms with Gasteiger partial charge >= 0.3 is 5.69 Å². The monoisotopic (exact) mass is 612 g/mol. The third-order valence-corrected chi connectivity index (χ3v) is 6.88. The van der Waals surface area contributed by atoms with Crippen LogP contribution in [0.3, 0.4) is 0 Å². The van der Waals surface area contributed by atoms with E-state index in [0.717, 1.165) is 10.1 Å².